The molecule has 0 aliphatic rings. The second-order valence-corrected chi connectivity index (χ2v) is 2.01. The summed E-state index contributed by atoms with van der Waals surface area (Å²) in [6, 6.07) is 2.01. The van der Waals surface area contributed by atoms with Crippen molar-refractivity contribution in [3.8, 4) is 12.3 Å². The summed E-state index contributed by atoms with van der Waals surface area (Å²) in [7, 11) is 0. The molecule has 1 aromatic rings. The molecule has 11 heavy (non-hydrogen) atoms. The van der Waals surface area contributed by atoms with Crippen LogP contribution in [0.2, 0.25) is 0 Å². The minimum Gasteiger partial charge on any atom is -0.313 e. The van der Waals surface area contributed by atoms with Gasteiger partial charge in [0.25, 0.3) is 0 Å². The van der Waals surface area contributed by atoms with Crippen LogP contribution in [-0.4, -0.2) is 4.98 Å². The first-order chi connectivity index (χ1) is 5.25. The highest BCUT2D eigenvalue weighted by Gasteiger charge is 2.08. The third-order valence-corrected chi connectivity index (χ3v) is 1.26. The molecule has 0 aliphatic carbocycles. The van der Waals surface area contributed by atoms with Crippen LogP contribution in [0.25, 0.3) is 0 Å². The molecule has 1 heterocycles. The summed E-state index contributed by atoms with van der Waals surface area (Å²) < 4.78 is 12.8. The maximum atomic E-state index is 12.8. The van der Waals surface area contributed by atoms with E-state index in [4.69, 9.17) is 12.2 Å². The van der Waals surface area contributed by atoms with Gasteiger partial charge in [0, 0.05) is 6.20 Å². The molecule has 0 spiro atoms. The second kappa shape index (κ2) is 3.13. The van der Waals surface area contributed by atoms with Crippen molar-refractivity contribution in [1.29, 1.82) is 0 Å². The molecule has 0 aromatic carbocycles. The number of nitrogens with zero attached hydrogens (tertiary/aromatic N) is 1. The summed E-state index contributed by atoms with van der Waals surface area (Å²) in [5.74, 6) is 1.74. The minimum atomic E-state index is -0.754. The zero-order chi connectivity index (χ0) is 8.27. The van der Waals surface area contributed by atoms with E-state index in [1.54, 1.807) is 0 Å². The number of terminal acetylenes is 1. The van der Waals surface area contributed by atoms with Gasteiger partial charge in [-0.05, 0) is 12.1 Å². The van der Waals surface area contributed by atoms with Crippen molar-refractivity contribution in [2.45, 2.75) is 6.04 Å². The van der Waals surface area contributed by atoms with Crippen LogP contribution in [0.5, 0.6) is 0 Å². The average Bonchev–Trinajstić information content (AvgIpc) is 2.04. The first-order valence-corrected chi connectivity index (χ1v) is 3.08. The van der Waals surface area contributed by atoms with Gasteiger partial charge in [-0.3, -0.25) is 4.98 Å². The predicted molar refractivity (Wildman–Crippen MR) is 40.0 cm³/mol. The van der Waals surface area contributed by atoms with Crippen molar-refractivity contribution < 1.29 is 4.39 Å². The quantitative estimate of drug-likeness (QED) is 0.603. The first-order valence-electron chi connectivity index (χ1n) is 3.08. The van der Waals surface area contributed by atoms with E-state index in [1.165, 1.54) is 18.3 Å². The molecule has 3 heteroatoms. The Morgan fingerprint density at radius 2 is 2.45 bits per heavy atom. The molecule has 2 nitrogen and oxygen atoms in total. The zero-order valence-electron chi connectivity index (χ0n) is 5.79. The van der Waals surface area contributed by atoms with Crippen molar-refractivity contribution in [3.63, 3.8) is 0 Å². The van der Waals surface area contributed by atoms with Crippen LogP contribution in [0.15, 0.2) is 18.3 Å². The number of hydrogen-bond donors (Lipinski definition) is 1. The molecule has 0 aliphatic heterocycles. The highest BCUT2D eigenvalue weighted by atomic mass is 19.1. The van der Waals surface area contributed by atoms with E-state index in [1.807, 2.05) is 0 Å². The molecule has 0 fully saturated rings. The fraction of sp³-hybridized carbons (Fsp3) is 0.125. The third-order valence-electron chi connectivity index (χ3n) is 1.26. The normalized spacial score (nSPS) is 12.1. The standard InChI is InChI=1S/C8H7FN2/c1-2-7(10)8-6(9)4-3-5-11-8/h1,3-5,7H,10H2. The smallest absolute Gasteiger partial charge is 0.147 e. The maximum absolute atomic E-state index is 12.8. The molecule has 1 atom stereocenters. The lowest BCUT2D eigenvalue weighted by atomic mass is 10.2. The fourth-order valence-corrected chi connectivity index (χ4v) is 0.706. The van der Waals surface area contributed by atoms with Gasteiger partial charge in [-0.2, -0.15) is 0 Å². The highest BCUT2D eigenvalue weighted by Crippen LogP contribution is 2.09. The Labute approximate surface area is 64.3 Å². The van der Waals surface area contributed by atoms with E-state index in [2.05, 4.69) is 10.9 Å². The van der Waals surface area contributed by atoms with Crippen LogP contribution >= 0.6 is 0 Å². The van der Waals surface area contributed by atoms with Gasteiger partial charge in [0.05, 0.1) is 0 Å². The van der Waals surface area contributed by atoms with E-state index in [9.17, 15) is 4.39 Å². The van der Waals surface area contributed by atoms with Gasteiger partial charge in [-0.25, -0.2) is 4.39 Å². The van der Waals surface area contributed by atoms with Crippen LogP contribution in [0.1, 0.15) is 11.7 Å². The Kier molecular flexibility index (Phi) is 2.19. The van der Waals surface area contributed by atoms with Crippen LogP contribution < -0.4 is 5.73 Å². The topological polar surface area (TPSA) is 38.9 Å². The Balaban J connectivity index is 3.05. The van der Waals surface area contributed by atoms with Crippen LogP contribution in [0.4, 0.5) is 4.39 Å². The van der Waals surface area contributed by atoms with Gasteiger partial charge < -0.3 is 5.73 Å². The minimum absolute atomic E-state index is 0.120. The molecule has 1 aromatic heterocycles. The van der Waals surface area contributed by atoms with E-state index < -0.39 is 11.9 Å². The summed E-state index contributed by atoms with van der Waals surface area (Å²) in [6.45, 7) is 0. The molecule has 1 unspecified atom stereocenters. The number of pyridine rings is 1. The highest BCUT2D eigenvalue weighted by molar-refractivity contribution is 5.18. The second-order valence-electron chi connectivity index (χ2n) is 2.01. The molecule has 0 saturated heterocycles. The summed E-state index contributed by atoms with van der Waals surface area (Å²) >= 11 is 0. The predicted octanol–water partition coefficient (Wildman–Crippen LogP) is 0.854. The number of aromatic nitrogens is 1. The molecule has 2 N–H and O–H groups in total. The maximum Gasteiger partial charge on any atom is 0.147 e. The molecular weight excluding hydrogens is 143 g/mol. The summed E-state index contributed by atoms with van der Waals surface area (Å²) in [6.07, 6.45) is 6.45. The number of rotatable bonds is 1. The lowest BCUT2D eigenvalue weighted by Gasteiger charge is -2.02. The molecule has 0 bridgehead atoms. The van der Waals surface area contributed by atoms with E-state index >= 15 is 0 Å². The first kappa shape index (κ1) is 7.70. The number of hydrogen-bond acceptors (Lipinski definition) is 2. The molecule has 0 saturated carbocycles. The largest absolute Gasteiger partial charge is 0.313 e. The average molecular weight is 150 g/mol. The number of nitrogens with two attached hydrogens (primary N) is 1. The molecule has 0 amide bonds. The van der Waals surface area contributed by atoms with E-state index in [0.29, 0.717) is 0 Å². The van der Waals surface area contributed by atoms with Crippen molar-refractivity contribution in [1.82, 2.24) is 4.98 Å². The van der Waals surface area contributed by atoms with Gasteiger partial charge in [-0.1, -0.05) is 5.92 Å². The Hall–Kier alpha value is -1.40. The summed E-state index contributed by atoms with van der Waals surface area (Å²) in [5, 5.41) is 0. The van der Waals surface area contributed by atoms with Gasteiger partial charge in [-0.15, -0.1) is 6.42 Å². The van der Waals surface area contributed by atoms with Crippen molar-refractivity contribution in [3.05, 3.63) is 29.8 Å². The van der Waals surface area contributed by atoms with Gasteiger partial charge in [0.2, 0.25) is 0 Å². The van der Waals surface area contributed by atoms with Crippen LogP contribution in [0.3, 0.4) is 0 Å². The molecular formula is C8H7FN2. The number of halogens is 1. The van der Waals surface area contributed by atoms with Crippen molar-refractivity contribution in [2.75, 3.05) is 0 Å². The van der Waals surface area contributed by atoms with E-state index in [-0.39, 0.29) is 5.69 Å². The van der Waals surface area contributed by atoms with Gasteiger partial charge in [0.1, 0.15) is 17.6 Å². The zero-order valence-corrected chi connectivity index (χ0v) is 5.79. The third kappa shape index (κ3) is 1.54. The molecule has 1 rings (SSSR count). The monoisotopic (exact) mass is 150 g/mol. The Morgan fingerprint density at radius 1 is 1.73 bits per heavy atom. The van der Waals surface area contributed by atoms with Crippen LogP contribution in [0, 0.1) is 18.2 Å². The summed E-state index contributed by atoms with van der Waals surface area (Å²) in [4.78, 5) is 3.71. The van der Waals surface area contributed by atoms with Crippen molar-refractivity contribution >= 4 is 0 Å². The lowest BCUT2D eigenvalue weighted by Crippen LogP contribution is -2.11. The molecule has 56 valence electrons. The van der Waals surface area contributed by atoms with Gasteiger partial charge >= 0.3 is 0 Å². The van der Waals surface area contributed by atoms with Crippen LogP contribution in [-0.2, 0) is 0 Å². The van der Waals surface area contributed by atoms with Crippen molar-refractivity contribution in [2.24, 2.45) is 5.73 Å². The van der Waals surface area contributed by atoms with E-state index in [0.717, 1.165) is 0 Å². The fourth-order valence-electron chi connectivity index (χ4n) is 0.706. The lowest BCUT2D eigenvalue weighted by molar-refractivity contribution is 0.592. The molecule has 0 radical (unpaired) electrons. The summed E-state index contributed by atoms with van der Waals surface area (Å²) in [5.41, 5.74) is 5.48. The Bertz CT molecular complexity index is 290. The Morgan fingerprint density at radius 3 is 3.00 bits per heavy atom. The van der Waals surface area contributed by atoms with Gasteiger partial charge in [0.15, 0.2) is 0 Å². The SMILES string of the molecule is C#CC(N)c1ncccc1F.